The lowest BCUT2D eigenvalue weighted by Crippen LogP contribution is -2.37. The zero-order chi connectivity index (χ0) is 16.9. The molecule has 0 fully saturated rings. The van der Waals surface area contributed by atoms with Gasteiger partial charge in [0.15, 0.2) is 11.6 Å². The van der Waals surface area contributed by atoms with Gasteiger partial charge in [-0.25, -0.2) is 9.97 Å². The fourth-order valence-electron chi connectivity index (χ4n) is 3.50. The lowest BCUT2D eigenvalue weighted by molar-refractivity contribution is 0.0672. The number of benzene rings is 1. The van der Waals surface area contributed by atoms with E-state index in [2.05, 4.69) is 53.5 Å². The summed E-state index contributed by atoms with van der Waals surface area (Å²) < 4.78 is 10.4. The van der Waals surface area contributed by atoms with Crippen molar-refractivity contribution >= 4 is 0 Å². The molecule has 1 aromatic carbocycles. The number of hydrogen-bond donors (Lipinski definition) is 0. The Hall–Kier alpha value is -2.56. The van der Waals surface area contributed by atoms with Crippen LogP contribution >= 0.6 is 0 Å². The number of ether oxygens (including phenoxy) is 1. The highest BCUT2D eigenvalue weighted by Gasteiger charge is 2.35. The van der Waals surface area contributed by atoms with Gasteiger partial charge < -0.3 is 13.9 Å². The zero-order valence-electron chi connectivity index (χ0n) is 14.5. The van der Waals surface area contributed by atoms with Crippen LogP contribution in [0.15, 0.2) is 43.0 Å². The van der Waals surface area contributed by atoms with E-state index in [4.69, 9.17) is 4.74 Å². The summed E-state index contributed by atoms with van der Waals surface area (Å²) in [5.74, 6) is 2.72. The van der Waals surface area contributed by atoms with Crippen LogP contribution in [0.25, 0.3) is 11.6 Å². The van der Waals surface area contributed by atoms with Gasteiger partial charge in [0.2, 0.25) is 0 Å². The smallest absolute Gasteiger partial charge is 0.176 e. The van der Waals surface area contributed by atoms with E-state index in [9.17, 15) is 0 Å². The van der Waals surface area contributed by atoms with Crippen molar-refractivity contribution in [3.63, 3.8) is 0 Å². The second-order valence-corrected chi connectivity index (χ2v) is 7.14. The summed E-state index contributed by atoms with van der Waals surface area (Å²) in [4.78, 5) is 9.05. The minimum Gasteiger partial charge on any atom is -0.487 e. The van der Waals surface area contributed by atoms with Gasteiger partial charge in [0, 0.05) is 43.8 Å². The largest absolute Gasteiger partial charge is 0.487 e. The van der Waals surface area contributed by atoms with Gasteiger partial charge in [0.1, 0.15) is 11.4 Å². The highest BCUT2D eigenvalue weighted by molar-refractivity contribution is 5.48. The maximum Gasteiger partial charge on any atom is 0.176 e. The number of aryl methyl sites for hydroxylation is 2. The average Bonchev–Trinajstić information content (AvgIpc) is 3.14. The Labute approximate surface area is 141 Å². The predicted molar refractivity (Wildman–Crippen MR) is 93.1 cm³/mol. The van der Waals surface area contributed by atoms with Crippen molar-refractivity contribution in [3.05, 3.63) is 54.1 Å². The monoisotopic (exact) mass is 322 g/mol. The molecule has 1 aliphatic rings. The van der Waals surface area contributed by atoms with Crippen molar-refractivity contribution in [1.29, 1.82) is 0 Å². The maximum atomic E-state index is 6.20. The van der Waals surface area contributed by atoms with Crippen LogP contribution in [-0.2, 0) is 7.05 Å². The third-order valence-electron chi connectivity index (χ3n) is 4.62. The second-order valence-electron chi connectivity index (χ2n) is 7.14. The number of rotatable bonds is 2. The normalized spacial score (nSPS) is 18.9. The van der Waals surface area contributed by atoms with Gasteiger partial charge in [-0.05, 0) is 26.8 Å². The van der Waals surface area contributed by atoms with E-state index >= 15 is 0 Å². The van der Waals surface area contributed by atoms with E-state index < -0.39 is 0 Å². The van der Waals surface area contributed by atoms with Crippen LogP contribution in [0.5, 0.6) is 5.75 Å². The topological polar surface area (TPSA) is 44.9 Å². The quantitative estimate of drug-likeness (QED) is 0.722. The summed E-state index contributed by atoms with van der Waals surface area (Å²) in [6, 6.07) is 6.58. The van der Waals surface area contributed by atoms with Crippen LogP contribution in [0, 0.1) is 6.92 Å². The average molecular weight is 322 g/mol. The van der Waals surface area contributed by atoms with Crippen molar-refractivity contribution in [2.45, 2.75) is 38.8 Å². The molecule has 2 aromatic heterocycles. The first kappa shape index (κ1) is 15.0. The Kier molecular flexibility index (Phi) is 3.27. The van der Waals surface area contributed by atoms with Crippen molar-refractivity contribution in [2.24, 2.45) is 7.05 Å². The van der Waals surface area contributed by atoms with E-state index in [1.165, 1.54) is 11.1 Å². The van der Waals surface area contributed by atoms with Crippen molar-refractivity contribution in [3.8, 4) is 17.4 Å². The van der Waals surface area contributed by atoms with Crippen LogP contribution in [0.2, 0.25) is 0 Å². The Morgan fingerprint density at radius 2 is 1.88 bits per heavy atom. The lowest BCUT2D eigenvalue weighted by atomic mass is 9.88. The van der Waals surface area contributed by atoms with Crippen molar-refractivity contribution < 1.29 is 4.74 Å². The Morgan fingerprint density at radius 3 is 2.62 bits per heavy atom. The highest BCUT2D eigenvalue weighted by atomic mass is 16.5. The molecular weight excluding hydrogens is 300 g/mol. The van der Waals surface area contributed by atoms with Crippen molar-refractivity contribution in [1.82, 2.24) is 19.1 Å². The minimum absolute atomic E-state index is 0.179. The molecule has 1 atom stereocenters. The standard InChI is InChI=1S/C19H22N4O/c1-13-5-6-16-14(11-13)15(12-19(2,3)24-16)23-10-8-21-18(23)17-20-7-9-22(17)4/h5-11,15H,12H2,1-4H3/t15-/m0/s1. The Balaban J connectivity index is 1.88. The van der Waals surface area contributed by atoms with Gasteiger partial charge in [0.05, 0.1) is 6.04 Å². The molecule has 4 rings (SSSR count). The number of aromatic nitrogens is 4. The summed E-state index contributed by atoms with van der Waals surface area (Å²) in [5, 5.41) is 0. The maximum absolute atomic E-state index is 6.20. The van der Waals surface area contributed by atoms with Gasteiger partial charge in [0.25, 0.3) is 0 Å². The first-order valence-electron chi connectivity index (χ1n) is 8.25. The molecule has 124 valence electrons. The number of imidazole rings is 2. The Bertz CT molecular complexity index is 890. The van der Waals surface area contributed by atoms with Crippen LogP contribution < -0.4 is 4.74 Å². The second kappa shape index (κ2) is 5.23. The molecule has 5 nitrogen and oxygen atoms in total. The minimum atomic E-state index is -0.226. The van der Waals surface area contributed by atoms with Crippen LogP contribution in [0.4, 0.5) is 0 Å². The van der Waals surface area contributed by atoms with Gasteiger partial charge in [-0.1, -0.05) is 17.7 Å². The van der Waals surface area contributed by atoms with Crippen LogP contribution in [0.3, 0.4) is 0 Å². The molecule has 1 aliphatic heterocycles. The molecule has 3 heterocycles. The highest BCUT2D eigenvalue weighted by Crippen LogP contribution is 2.43. The number of hydrogen-bond acceptors (Lipinski definition) is 3. The summed E-state index contributed by atoms with van der Waals surface area (Å²) >= 11 is 0. The summed E-state index contributed by atoms with van der Waals surface area (Å²) in [6.45, 7) is 6.39. The molecule has 0 aliphatic carbocycles. The van der Waals surface area contributed by atoms with Gasteiger partial charge in [-0.2, -0.15) is 0 Å². The fraction of sp³-hybridized carbons (Fsp3) is 0.368. The SMILES string of the molecule is Cc1ccc2c(c1)[C@@H](n1ccnc1-c1nccn1C)CC(C)(C)O2. The molecule has 0 spiro atoms. The molecule has 5 heteroatoms. The predicted octanol–water partition coefficient (Wildman–Crippen LogP) is 3.74. The molecule has 0 bridgehead atoms. The van der Waals surface area contributed by atoms with Crippen molar-refractivity contribution in [2.75, 3.05) is 0 Å². The molecular formula is C19H22N4O. The van der Waals surface area contributed by atoms with Crippen LogP contribution in [-0.4, -0.2) is 24.7 Å². The molecule has 0 unspecified atom stereocenters. The van der Waals surface area contributed by atoms with Gasteiger partial charge in [-0.3, -0.25) is 0 Å². The fourth-order valence-corrected chi connectivity index (χ4v) is 3.50. The number of fused-ring (bicyclic) bond motifs is 1. The summed E-state index contributed by atoms with van der Waals surface area (Å²) in [7, 11) is 1.99. The van der Waals surface area contributed by atoms with Gasteiger partial charge >= 0.3 is 0 Å². The van der Waals surface area contributed by atoms with E-state index in [0.717, 1.165) is 23.8 Å². The molecule has 0 amide bonds. The third-order valence-corrected chi connectivity index (χ3v) is 4.62. The first-order valence-corrected chi connectivity index (χ1v) is 8.25. The first-order chi connectivity index (χ1) is 11.4. The molecule has 0 radical (unpaired) electrons. The molecule has 3 aromatic rings. The molecule has 0 N–H and O–H groups in total. The van der Waals surface area contributed by atoms with E-state index in [1.807, 2.05) is 30.2 Å². The van der Waals surface area contributed by atoms with E-state index in [1.54, 1.807) is 6.20 Å². The lowest BCUT2D eigenvalue weighted by Gasteiger charge is -2.38. The Morgan fingerprint density at radius 1 is 1.12 bits per heavy atom. The van der Waals surface area contributed by atoms with Crippen LogP contribution in [0.1, 0.15) is 37.4 Å². The molecule has 0 saturated heterocycles. The summed E-state index contributed by atoms with van der Waals surface area (Å²) in [6.07, 6.45) is 8.53. The van der Waals surface area contributed by atoms with Gasteiger partial charge in [-0.15, -0.1) is 0 Å². The third kappa shape index (κ3) is 2.40. The molecule has 24 heavy (non-hydrogen) atoms. The van der Waals surface area contributed by atoms with E-state index in [0.29, 0.717) is 0 Å². The number of nitrogens with zero attached hydrogens (tertiary/aromatic N) is 4. The molecule has 0 saturated carbocycles. The van der Waals surface area contributed by atoms with E-state index in [-0.39, 0.29) is 11.6 Å². The summed E-state index contributed by atoms with van der Waals surface area (Å²) in [5.41, 5.74) is 2.22. The zero-order valence-corrected chi connectivity index (χ0v) is 14.5.